The summed E-state index contributed by atoms with van der Waals surface area (Å²) < 4.78 is 1.80. The van der Waals surface area contributed by atoms with Crippen LogP contribution in [0.4, 0.5) is 5.69 Å². The van der Waals surface area contributed by atoms with Gasteiger partial charge in [-0.25, -0.2) is 9.50 Å². The predicted molar refractivity (Wildman–Crippen MR) is 56.2 cm³/mol. The lowest BCUT2D eigenvalue weighted by Crippen LogP contribution is -1.99. The maximum atomic E-state index is 5.78. The summed E-state index contributed by atoms with van der Waals surface area (Å²) in [6, 6.07) is 3.75. The van der Waals surface area contributed by atoms with E-state index in [2.05, 4.69) is 23.9 Å². The Morgan fingerprint density at radius 2 is 2.07 bits per heavy atom. The molecule has 0 spiro atoms. The molecule has 0 atom stereocenters. The summed E-state index contributed by atoms with van der Waals surface area (Å²) in [6.07, 6.45) is 0. The van der Waals surface area contributed by atoms with Crippen LogP contribution in [-0.4, -0.2) is 14.6 Å². The maximum absolute atomic E-state index is 5.78. The Morgan fingerprint density at radius 1 is 1.36 bits per heavy atom. The van der Waals surface area contributed by atoms with Gasteiger partial charge in [0.05, 0.1) is 11.4 Å². The lowest BCUT2D eigenvalue weighted by atomic mass is 10.2. The van der Waals surface area contributed by atoms with E-state index in [1.165, 1.54) is 0 Å². The number of hydrogen-bond donors (Lipinski definition) is 1. The zero-order valence-corrected chi connectivity index (χ0v) is 8.65. The third-order valence-electron chi connectivity index (χ3n) is 2.31. The highest BCUT2D eigenvalue weighted by Crippen LogP contribution is 2.15. The average Bonchev–Trinajstić information content (AvgIpc) is 2.56. The van der Waals surface area contributed by atoms with E-state index in [4.69, 9.17) is 5.73 Å². The zero-order valence-electron chi connectivity index (χ0n) is 8.65. The molecule has 0 unspecified atom stereocenters. The van der Waals surface area contributed by atoms with Crippen LogP contribution in [0.15, 0.2) is 12.1 Å². The second-order valence-electron chi connectivity index (χ2n) is 3.77. The first-order chi connectivity index (χ1) is 6.59. The smallest absolute Gasteiger partial charge is 0.156 e. The molecule has 0 radical (unpaired) electrons. The molecule has 14 heavy (non-hydrogen) atoms. The highest BCUT2D eigenvalue weighted by molar-refractivity contribution is 5.51. The van der Waals surface area contributed by atoms with Crippen LogP contribution in [0.1, 0.15) is 31.3 Å². The molecule has 74 valence electrons. The van der Waals surface area contributed by atoms with E-state index in [0.717, 1.165) is 22.9 Å². The summed E-state index contributed by atoms with van der Waals surface area (Å²) in [5.74, 6) is 1.20. The monoisotopic (exact) mass is 190 g/mol. The number of hydrogen-bond acceptors (Lipinski definition) is 3. The predicted octanol–water partition coefficient (Wildman–Crippen LogP) is 1.74. The van der Waals surface area contributed by atoms with E-state index < -0.39 is 0 Å². The van der Waals surface area contributed by atoms with Crippen molar-refractivity contribution >= 4 is 11.3 Å². The summed E-state index contributed by atoms with van der Waals surface area (Å²) in [5.41, 5.74) is 8.34. The van der Waals surface area contributed by atoms with E-state index in [1.807, 2.05) is 19.1 Å². The van der Waals surface area contributed by atoms with E-state index in [9.17, 15) is 0 Å². The number of nitrogens with zero attached hydrogens (tertiary/aromatic N) is 3. The molecule has 0 amide bonds. The van der Waals surface area contributed by atoms with Crippen LogP contribution in [0.2, 0.25) is 0 Å². The van der Waals surface area contributed by atoms with Crippen LogP contribution in [0, 0.1) is 6.92 Å². The van der Waals surface area contributed by atoms with Crippen molar-refractivity contribution in [1.82, 2.24) is 14.6 Å². The van der Waals surface area contributed by atoms with Gasteiger partial charge in [0, 0.05) is 5.92 Å². The topological polar surface area (TPSA) is 56.2 Å². The van der Waals surface area contributed by atoms with Crippen LogP contribution in [0.25, 0.3) is 5.65 Å². The molecule has 0 aliphatic rings. The molecule has 4 heteroatoms. The van der Waals surface area contributed by atoms with Gasteiger partial charge in [-0.15, -0.1) is 0 Å². The molecule has 2 aromatic rings. The molecule has 4 nitrogen and oxygen atoms in total. The van der Waals surface area contributed by atoms with E-state index in [0.29, 0.717) is 5.92 Å². The van der Waals surface area contributed by atoms with Gasteiger partial charge in [0.15, 0.2) is 11.5 Å². The fraction of sp³-hybridized carbons (Fsp3) is 0.400. The van der Waals surface area contributed by atoms with Gasteiger partial charge in [0.2, 0.25) is 0 Å². The maximum Gasteiger partial charge on any atom is 0.156 e. The number of rotatable bonds is 1. The molecule has 2 rings (SSSR count). The summed E-state index contributed by atoms with van der Waals surface area (Å²) in [5, 5.41) is 4.40. The number of pyridine rings is 1. The van der Waals surface area contributed by atoms with Crippen molar-refractivity contribution in [1.29, 1.82) is 0 Å². The van der Waals surface area contributed by atoms with Crippen molar-refractivity contribution < 1.29 is 0 Å². The first-order valence-corrected chi connectivity index (χ1v) is 4.71. The van der Waals surface area contributed by atoms with Crippen LogP contribution in [0.5, 0.6) is 0 Å². The Kier molecular flexibility index (Phi) is 1.91. The highest BCUT2D eigenvalue weighted by Gasteiger charge is 2.09. The molecule has 0 fully saturated rings. The van der Waals surface area contributed by atoms with Crippen LogP contribution in [-0.2, 0) is 0 Å². The fourth-order valence-corrected chi connectivity index (χ4v) is 1.35. The van der Waals surface area contributed by atoms with Gasteiger partial charge in [-0.05, 0) is 19.1 Å². The Labute approximate surface area is 82.8 Å². The zero-order chi connectivity index (χ0) is 10.3. The largest absolute Gasteiger partial charge is 0.397 e. The van der Waals surface area contributed by atoms with Gasteiger partial charge in [0.25, 0.3) is 0 Å². The molecular formula is C10H14N4. The molecule has 2 N–H and O–H groups in total. The van der Waals surface area contributed by atoms with Crippen LogP contribution >= 0.6 is 0 Å². The third kappa shape index (κ3) is 1.23. The average molecular weight is 190 g/mol. The lowest BCUT2D eigenvalue weighted by molar-refractivity contribution is 0.759. The van der Waals surface area contributed by atoms with E-state index >= 15 is 0 Å². The van der Waals surface area contributed by atoms with Gasteiger partial charge >= 0.3 is 0 Å². The van der Waals surface area contributed by atoms with Crippen molar-refractivity contribution in [3.05, 3.63) is 23.7 Å². The molecule has 0 saturated carbocycles. The fourth-order valence-electron chi connectivity index (χ4n) is 1.35. The van der Waals surface area contributed by atoms with Crippen molar-refractivity contribution in [2.24, 2.45) is 0 Å². The SMILES string of the molecule is Cc1c(N)ccc2nc(C(C)C)nn12. The molecule has 0 aromatic carbocycles. The minimum absolute atomic E-state index is 0.343. The summed E-state index contributed by atoms with van der Waals surface area (Å²) in [4.78, 5) is 4.41. The van der Waals surface area contributed by atoms with Crippen LogP contribution < -0.4 is 5.73 Å². The molecule has 0 bridgehead atoms. The number of nitrogens with two attached hydrogens (primary N) is 1. The van der Waals surface area contributed by atoms with Crippen molar-refractivity contribution in [3.8, 4) is 0 Å². The first-order valence-electron chi connectivity index (χ1n) is 4.71. The normalized spacial score (nSPS) is 11.4. The summed E-state index contributed by atoms with van der Waals surface area (Å²) >= 11 is 0. The Morgan fingerprint density at radius 3 is 2.71 bits per heavy atom. The molecular weight excluding hydrogens is 176 g/mol. The number of nitrogen functional groups attached to an aromatic ring is 1. The molecule has 2 aromatic heterocycles. The minimum atomic E-state index is 0.343. The number of fused-ring (bicyclic) bond motifs is 1. The molecule has 2 heterocycles. The minimum Gasteiger partial charge on any atom is -0.397 e. The van der Waals surface area contributed by atoms with Gasteiger partial charge in [-0.2, -0.15) is 5.10 Å². The van der Waals surface area contributed by atoms with Crippen molar-refractivity contribution in [2.45, 2.75) is 26.7 Å². The Hall–Kier alpha value is -1.58. The van der Waals surface area contributed by atoms with Crippen molar-refractivity contribution in [3.63, 3.8) is 0 Å². The Balaban J connectivity index is 2.71. The summed E-state index contributed by atoms with van der Waals surface area (Å²) in [7, 11) is 0. The van der Waals surface area contributed by atoms with E-state index in [1.54, 1.807) is 4.52 Å². The van der Waals surface area contributed by atoms with Gasteiger partial charge in [-0.3, -0.25) is 0 Å². The van der Waals surface area contributed by atoms with Crippen molar-refractivity contribution in [2.75, 3.05) is 5.73 Å². The molecule has 0 aliphatic carbocycles. The molecule has 0 aliphatic heterocycles. The highest BCUT2D eigenvalue weighted by atomic mass is 15.3. The number of aromatic nitrogens is 3. The van der Waals surface area contributed by atoms with Crippen LogP contribution in [0.3, 0.4) is 0 Å². The Bertz CT molecular complexity index is 470. The van der Waals surface area contributed by atoms with Gasteiger partial charge in [0.1, 0.15) is 0 Å². The quantitative estimate of drug-likeness (QED) is 0.745. The number of aryl methyl sites for hydroxylation is 1. The van der Waals surface area contributed by atoms with Gasteiger partial charge < -0.3 is 5.73 Å². The second-order valence-corrected chi connectivity index (χ2v) is 3.77. The lowest BCUT2D eigenvalue weighted by Gasteiger charge is -2.00. The summed E-state index contributed by atoms with van der Waals surface area (Å²) in [6.45, 7) is 6.10. The third-order valence-corrected chi connectivity index (χ3v) is 2.31. The first kappa shape index (κ1) is 8.99. The number of anilines is 1. The van der Waals surface area contributed by atoms with Gasteiger partial charge in [-0.1, -0.05) is 13.8 Å². The standard InChI is InChI=1S/C10H14N4/c1-6(2)10-12-9-5-4-8(11)7(3)14(9)13-10/h4-6H,11H2,1-3H3. The molecule has 0 saturated heterocycles. The second kappa shape index (κ2) is 2.97. The van der Waals surface area contributed by atoms with E-state index in [-0.39, 0.29) is 0 Å².